The van der Waals surface area contributed by atoms with Gasteiger partial charge in [0.1, 0.15) is 23.8 Å². The van der Waals surface area contributed by atoms with Crippen LogP contribution in [0.15, 0.2) is 49.1 Å². The van der Waals surface area contributed by atoms with Crippen molar-refractivity contribution >= 4 is 12.1 Å². The second-order valence-corrected chi connectivity index (χ2v) is 8.30. The van der Waals surface area contributed by atoms with Gasteiger partial charge in [-0.3, -0.25) is 4.79 Å². The van der Waals surface area contributed by atoms with E-state index >= 15 is 0 Å². The molecule has 1 atom stereocenters. The second-order valence-electron chi connectivity index (χ2n) is 8.30. The molecule has 7 heteroatoms. The zero-order valence-corrected chi connectivity index (χ0v) is 19.2. The number of carbonyl (C=O) groups is 2. The number of amides is 1. The van der Waals surface area contributed by atoms with E-state index < -0.39 is 29.5 Å². The molecule has 0 fully saturated rings. The number of hydrogen-bond donors (Lipinski definition) is 1. The lowest BCUT2D eigenvalue weighted by Gasteiger charge is -2.24. The van der Waals surface area contributed by atoms with E-state index in [9.17, 15) is 14.0 Å². The van der Waals surface area contributed by atoms with Gasteiger partial charge < -0.3 is 19.5 Å². The lowest BCUT2D eigenvalue weighted by atomic mass is 9.94. The van der Waals surface area contributed by atoms with E-state index in [-0.39, 0.29) is 13.0 Å². The van der Waals surface area contributed by atoms with Crippen molar-refractivity contribution in [3.63, 3.8) is 0 Å². The largest absolute Gasteiger partial charge is 0.489 e. The van der Waals surface area contributed by atoms with Gasteiger partial charge in [0, 0.05) is 11.6 Å². The van der Waals surface area contributed by atoms with Gasteiger partial charge in [-0.15, -0.1) is 0 Å². The Kier molecular flexibility index (Phi) is 8.41. The van der Waals surface area contributed by atoms with E-state index in [2.05, 4.69) is 11.9 Å². The van der Waals surface area contributed by atoms with Crippen molar-refractivity contribution in [1.29, 1.82) is 0 Å². The Hall–Kier alpha value is -3.35. The van der Waals surface area contributed by atoms with Gasteiger partial charge in [-0.05, 0) is 56.5 Å². The molecule has 172 valence electrons. The van der Waals surface area contributed by atoms with Crippen LogP contribution in [0.4, 0.5) is 9.18 Å². The molecule has 0 saturated heterocycles. The topological polar surface area (TPSA) is 73.9 Å². The first kappa shape index (κ1) is 24.9. The third kappa shape index (κ3) is 7.11. The lowest BCUT2D eigenvalue weighted by molar-refractivity contribution is -0.141. The molecule has 0 aliphatic rings. The minimum absolute atomic E-state index is 0.0819. The Balaban J connectivity index is 2.46. The van der Waals surface area contributed by atoms with Crippen molar-refractivity contribution in [2.24, 2.45) is 0 Å². The molecule has 0 bridgehead atoms. The molecule has 0 unspecified atom stereocenters. The molecule has 0 saturated carbocycles. The van der Waals surface area contributed by atoms with Crippen LogP contribution >= 0.6 is 0 Å². The fraction of sp³-hybridized carbons (Fsp3) is 0.360. The van der Waals surface area contributed by atoms with Crippen molar-refractivity contribution in [1.82, 2.24) is 5.32 Å². The fourth-order valence-electron chi connectivity index (χ4n) is 3.21. The molecular formula is C25H30FNO5. The molecule has 2 aromatic carbocycles. The number of methoxy groups -OCH3 is 1. The molecular weight excluding hydrogens is 413 g/mol. The summed E-state index contributed by atoms with van der Waals surface area (Å²) in [7, 11) is 1.29. The quantitative estimate of drug-likeness (QED) is 0.431. The molecule has 2 aromatic rings. The summed E-state index contributed by atoms with van der Waals surface area (Å²) in [6.45, 7) is 10.9. The lowest BCUT2D eigenvalue weighted by Crippen LogP contribution is -2.36. The minimum atomic E-state index is -0.690. The molecule has 1 amide bonds. The first-order chi connectivity index (χ1) is 15.0. The van der Waals surface area contributed by atoms with E-state index in [1.807, 2.05) is 12.1 Å². The molecule has 0 radical (unpaired) electrons. The summed E-state index contributed by atoms with van der Waals surface area (Å²) in [5, 5.41) is 2.74. The van der Waals surface area contributed by atoms with E-state index in [0.717, 1.165) is 5.56 Å². The predicted molar refractivity (Wildman–Crippen MR) is 121 cm³/mol. The van der Waals surface area contributed by atoms with E-state index in [1.165, 1.54) is 19.2 Å². The highest BCUT2D eigenvalue weighted by Gasteiger charge is 2.24. The fourth-order valence-corrected chi connectivity index (χ4v) is 3.21. The molecule has 0 aliphatic carbocycles. The molecule has 0 aromatic heterocycles. The van der Waals surface area contributed by atoms with Gasteiger partial charge in [0.05, 0.1) is 19.6 Å². The number of nitrogens with one attached hydrogen (secondary N) is 1. The van der Waals surface area contributed by atoms with Gasteiger partial charge in [0.15, 0.2) is 0 Å². The van der Waals surface area contributed by atoms with Gasteiger partial charge >= 0.3 is 12.1 Å². The third-order valence-electron chi connectivity index (χ3n) is 4.49. The van der Waals surface area contributed by atoms with E-state index in [4.69, 9.17) is 14.2 Å². The minimum Gasteiger partial charge on any atom is -0.489 e. The van der Waals surface area contributed by atoms with Crippen LogP contribution in [0, 0.1) is 12.7 Å². The summed E-state index contributed by atoms with van der Waals surface area (Å²) in [4.78, 5) is 24.4. The number of rotatable bonds is 8. The molecule has 0 aliphatic heterocycles. The number of ether oxygens (including phenoxy) is 3. The van der Waals surface area contributed by atoms with Gasteiger partial charge in [0.25, 0.3) is 0 Å². The zero-order valence-electron chi connectivity index (χ0n) is 19.2. The number of carbonyl (C=O) groups excluding carboxylic acids is 2. The second kappa shape index (κ2) is 10.8. The highest BCUT2D eigenvalue weighted by Crippen LogP contribution is 2.36. The van der Waals surface area contributed by atoms with Crippen LogP contribution in [0.2, 0.25) is 0 Å². The van der Waals surface area contributed by atoms with Crippen molar-refractivity contribution < 1.29 is 28.2 Å². The number of aryl methyl sites for hydroxylation is 1. The van der Waals surface area contributed by atoms with Crippen LogP contribution in [0.25, 0.3) is 11.1 Å². The Morgan fingerprint density at radius 1 is 1.22 bits per heavy atom. The Bertz CT molecular complexity index is 981. The number of hydrogen-bond acceptors (Lipinski definition) is 5. The summed E-state index contributed by atoms with van der Waals surface area (Å²) >= 11 is 0. The Morgan fingerprint density at radius 2 is 1.94 bits per heavy atom. The van der Waals surface area contributed by atoms with Crippen LogP contribution < -0.4 is 10.1 Å². The molecule has 2 rings (SSSR count). The predicted octanol–water partition coefficient (Wildman–Crippen LogP) is 5.49. The summed E-state index contributed by atoms with van der Waals surface area (Å²) in [6, 6.07) is 9.33. The molecule has 32 heavy (non-hydrogen) atoms. The van der Waals surface area contributed by atoms with Gasteiger partial charge in [-0.2, -0.15) is 0 Å². The summed E-state index contributed by atoms with van der Waals surface area (Å²) < 4.78 is 29.8. The number of benzene rings is 2. The standard InChI is InChI=1S/C25H30FNO5/c1-7-11-31-21-14-19(26)12-16(2)23(21)18-10-8-9-17(13-18)20(15-22(28)30-6)27-24(29)32-25(3,4)5/h7-10,12-14,20H,1,11,15H2,2-6H3,(H,27,29)/t20-/m0/s1. The van der Waals surface area contributed by atoms with Crippen LogP contribution in [-0.2, 0) is 14.3 Å². The number of esters is 1. The first-order valence-electron chi connectivity index (χ1n) is 10.2. The van der Waals surface area contributed by atoms with Crippen LogP contribution in [0.1, 0.15) is 44.4 Å². The van der Waals surface area contributed by atoms with Crippen molar-refractivity contribution in [3.8, 4) is 16.9 Å². The average molecular weight is 444 g/mol. The smallest absolute Gasteiger partial charge is 0.408 e. The monoisotopic (exact) mass is 443 g/mol. The maximum absolute atomic E-state index is 14.0. The highest BCUT2D eigenvalue weighted by atomic mass is 19.1. The van der Waals surface area contributed by atoms with Gasteiger partial charge in [-0.1, -0.05) is 30.9 Å². The Morgan fingerprint density at radius 3 is 2.56 bits per heavy atom. The van der Waals surface area contributed by atoms with Crippen molar-refractivity contribution in [3.05, 3.63) is 66.0 Å². The number of alkyl carbamates (subject to hydrolysis) is 1. The van der Waals surface area contributed by atoms with Crippen LogP contribution in [0.5, 0.6) is 5.75 Å². The highest BCUT2D eigenvalue weighted by molar-refractivity contribution is 5.76. The summed E-state index contributed by atoms with van der Waals surface area (Å²) in [5.41, 5.74) is 2.12. The zero-order chi connectivity index (χ0) is 23.9. The van der Waals surface area contributed by atoms with E-state index in [0.29, 0.717) is 22.4 Å². The average Bonchev–Trinajstić information content (AvgIpc) is 2.69. The third-order valence-corrected chi connectivity index (χ3v) is 4.49. The normalized spacial score (nSPS) is 11.9. The molecule has 0 heterocycles. The van der Waals surface area contributed by atoms with Crippen LogP contribution in [0.3, 0.4) is 0 Å². The molecule has 1 N–H and O–H groups in total. The van der Waals surface area contributed by atoms with Crippen molar-refractivity contribution in [2.45, 2.75) is 45.8 Å². The maximum atomic E-state index is 14.0. The van der Waals surface area contributed by atoms with Crippen LogP contribution in [-0.4, -0.2) is 31.4 Å². The van der Waals surface area contributed by atoms with Gasteiger partial charge in [-0.25, -0.2) is 9.18 Å². The summed E-state index contributed by atoms with van der Waals surface area (Å²) in [6.07, 6.45) is 0.851. The molecule has 6 nitrogen and oxygen atoms in total. The molecule has 0 spiro atoms. The SMILES string of the molecule is C=CCOc1cc(F)cc(C)c1-c1cccc([C@H](CC(=O)OC)NC(=O)OC(C)(C)C)c1. The first-order valence-corrected chi connectivity index (χ1v) is 10.2. The number of halogens is 1. The van der Waals surface area contributed by atoms with E-state index in [1.54, 1.807) is 45.9 Å². The Labute approximate surface area is 188 Å². The van der Waals surface area contributed by atoms with Crippen molar-refractivity contribution in [2.75, 3.05) is 13.7 Å². The van der Waals surface area contributed by atoms with Gasteiger partial charge in [0.2, 0.25) is 0 Å². The summed E-state index contributed by atoms with van der Waals surface area (Å²) in [5.74, 6) is -0.509. The maximum Gasteiger partial charge on any atom is 0.408 e.